The molecule has 0 spiro atoms. The third-order valence-corrected chi connectivity index (χ3v) is 6.17. The van der Waals surface area contributed by atoms with Gasteiger partial charge in [-0.3, -0.25) is 14.5 Å². The van der Waals surface area contributed by atoms with Gasteiger partial charge in [-0.25, -0.2) is 0 Å². The van der Waals surface area contributed by atoms with E-state index in [-0.39, 0.29) is 23.9 Å². The van der Waals surface area contributed by atoms with E-state index in [2.05, 4.69) is 10.2 Å². The van der Waals surface area contributed by atoms with E-state index < -0.39 is 0 Å². The van der Waals surface area contributed by atoms with Crippen LogP contribution in [0.2, 0.25) is 0 Å². The van der Waals surface area contributed by atoms with Gasteiger partial charge >= 0.3 is 0 Å². The first-order valence-corrected chi connectivity index (χ1v) is 10.9. The highest BCUT2D eigenvalue weighted by Crippen LogP contribution is 2.26. The lowest BCUT2D eigenvalue weighted by Crippen LogP contribution is -2.47. The number of amides is 2. The van der Waals surface area contributed by atoms with E-state index in [9.17, 15) is 9.59 Å². The minimum Gasteiger partial charge on any atom is -0.497 e. The fraction of sp³-hybridized carbons (Fsp3) is 0.440. The van der Waals surface area contributed by atoms with Crippen molar-refractivity contribution in [1.29, 1.82) is 0 Å². The normalized spacial score (nSPS) is 14.8. The van der Waals surface area contributed by atoms with Crippen LogP contribution in [0.25, 0.3) is 0 Å². The van der Waals surface area contributed by atoms with Gasteiger partial charge in [0, 0.05) is 33.1 Å². The van der Waals surface area contributed by atoms with Crippen molar-refractivity contribution in [2.75, 3.05) is 40.9 Å². The molecule has 0 aromatic heterocycles. The first-order chi connectivity index (χ1) is 15.4. The maximum atomic E-state index is 13.0. The number of carbonyl (C=O) groups is 2. The second-order valence-electron chi connectivity index (χ2n) is 8.18. The molecular weight excluding hydrogens is 406 g/mol. The number of carbonyl (C=O) groups excluding carboxylic acids is 2. The van der Waals surface area contributed by atoms with Crippen LogP contribution in [0.1, 0.15) is 36.9 Å². The van der Waals surface area contributed by atoms with Crippen molar-refractivity contribution in [3.05, 3.63) is 59.7 Å². The topological polar surface area (TPSA) is 71.1 Å². The zero-order chi connectivity index (χ0) is 23.1. The van der Waals surface area contributed by atoms with Crippen molar-refractivity contribution in [3.63, 3.8) is 0 Å². The molecule has 32 heavy (non-hydrogen) atoms. The highest BCUT2D eigenvalue weighted by molar-refractivity contribution is 5.79. The third-order valence-electron chi connectivity index (χ3n) is 6.17. The summed E-state index contributed by atoms with van der Waals surface area (Å²) in [5, 5.41) is 3.20. The summed E-state index contributed by atoms with van der Waals surface area (Å²) in [6.07, 6.45) is 1.76. The molecule has 3 rings (SSSR count). The third kappa shape index (κ3) is 6.01. The Morgan fingerprint density at radius 3 is 1.84 bits per heavy atom. The van der Waals surface area contributed by atoms with Crippen molar-refractivity contribution < 1.29 is 19.1 Å². The molecule has 2 amide bonds. The van der Waals surface area contributed by atoms with Crippen LogP contribution in [0.5, 0.6) is 11.5 Å². The maximum Gasteiger partial charge on any atom is 0.234 e. The molecule has 0 aliphatic carbocycles. The summed E-state index contributed by atoms with van der Waals surface area (Å²) in [6, 6.07) is 15.4. The molecule has 0 unspecified atom stereocenters. The second kappa shape index (κ2) is 11.0. The molecule has 0 bridgehead atoms. The van der Waals surface area contributed by atoms with Crippen molar-refractivity contribution in [2.45, 2.75) is 31.8 Å². The number of piperidine rings is 1. The lowest BCUT2D eigenvalue weighted by atomic mass is 9.98. The van der Waals surface area contributed by atoms with Crippen LogP contribution in [-0.4, -0.2) is 68.6 Å². The van der Waals surface area contributed by atoms with Gasteiger partial charge in [-0.2, -0.15) is 0 Å². The number of nitrogens with one attached hydrogen (secondary N) is 1. The van der Waals surface area contributed by atoms with Crippen LogP contribution in [0.3, 0.4) is 0 Å². The number of likely N-dealkylation sites (tertiary alicyclic amines) is 1. The zero-order valence-corrected chi connectivity index (χ0v) is 19.3. The van der Waals surface area contributed by atoms with Crippen molar-refractivity contribution in [2.24, 2.45) is 0 Å². The smallest absolute Gasteiger partial charge is 0.234 e. The quantitative estimate of drug-likeness (QED) is 0.685. The average molecular weight is 440 g/mol. The van der Waals surface area contributed by atoms with Gasteiger partial charge in [0.2, 0.25) is 11.8 Å². The first-order valence-electron chi connectivity index (χ1n) is 10.9. The van der Waals surface area contributed by atoms with Gasteiger partial charge < -0.3 is 19.7 Å². The van der Waals surface area contributed by atoms with Crippen LogP contribution in [0.4, 0.5) is 0 Å². The van der Waals surface area contributed by atoms with Crippen LogP contribution < -0.4 is 14.8 Å². The molecule has 7 nitrogen and oxygen atoms in total. The lowest BCUT2D eigenvalue weighted by Gasteiger charge is -2.36. The predicted octanol–water partition coefficient (Wildman–Crippen LogP) is 2.85. The number of rotatable bonds is 8. The molecule has 2 aromatic rings. The van der Waals surface area contributed by atoms with Crippen molar-refractivity contribution >= 4 is 11.8 Å². The fourth-order valence-corrected chi connectivity index (χ4v) is 4.08. The second-order valence-corrected chi connectivity index (χ2v) is 8.18. The number of methoxy groups -OCH3 is 2. The standard InChI is InChI=1S/C25H33N3O4/c1-18(29)27(2)21-13-15-28(16-14-21)17-24(30)26-25(19-5-9-22(31-3)10-6-19)20-7-11-23(32-4)12-8-20/h5-12,21,25H,13-17H2,1-4H3,(H,26,30). The van der Waals surface area contributed by atoms with Gasteiger partial charge in [0.25, 0.3) is 0 Å². The Labute approximate surface area is 190 Å². The van der Waals surface area contributed by atoms with Gasteiger partial charge in [0.05, 0.1) is 26.8 Å². The molecule has 0 saturated carbocycles. The summed E-state index contributed by atoms with van der Waals surface area (Å²) in [7, 11) is 5.12. The number of ether oxygens (including phenoxy) is 2. The minimum absolute atomic E-state index is 0.0278. The van der Waals surface area contributed by atoms with E-state index in [0.29, 0.717) is 6.54 Å². The van der Waals surface area contributed by atoms with Gasteiger partial charge in [-0.15, -0.1) is 0 Å². The molecular formula is C25H33N3O4. The largest absolute Gasteiger partial charge is 0.497 e. The van der Waals surface area contributed by atoms with Gasteiger partial charge in [-0.1, -0.05) is 24.3 Å². The number of hydrogen-bond acceptors (Lipinski definition) is 5. The first kappa shape index (κ1) is 23.6. The Bertz CT molecular complexity index is 843. The van der Waals surface area contributed by atoms with Crippen LogP contribution in [0, 0.1) is 0 Å². The van der Waals surface area contributed by atoms with Gasteiger partial charge in [0.1, 0.15) is 11.5 Å². The van der Waals surface area contributed by atoms with E-state index in [1.807, 2.05) is 55.6 Å². The average Bonchev–Trinajstić information content (AvgIpc) is 2.82. The molecule has 0 atom stereocenters. The number of hydrogen-bond donors (Lipinski definition) is 1. The van der Waals surface area contributed by atoms with E-state index in [4.69, 9.17) is 9.47 Å². The van der Waals surface area contributed by atoms with E-state index in [0.717, 1.165) is 48.6 Å². The summed E-state index contributed by atoms with van der Waals surface area (Å²) in [5.41, 5.74) is 1.96. The molecule has 2 aromatic carbocycles. The number of nitrogens with zero attached hydrogens (tertiary/aromatic N) is 2. The molecule has 1 saturated heterocycles. The zero-order valence-electron chi connectivity index (χ0n) is 19.3. The Morgan fingerprint density at radius 1 is 0.969 bits per heavy atom. The highest BCUT2D eigenvalue weighted by atomic mass is 16.5. The summed E-state index contributed by atoms with van der Waals surface area (Å²) >= 11 is 0. The molecule has 1 N–H and O–H groups in total. The molecule has 7 heteroatoms. The Hall–Kier alpha value is -3.06. The SMILES string of the molecule is COc1ccc(C(NC(=O)CN2CCC(N(C)C(C)=O)CC2)c2ccc(OC)cc2)cc1. The Morgan fingerprint density at radius 2 is 1.44 bits per heavy atom. The summed E-state index contributed by atoms with van der Waals surface area (Å²) < 4.78 is 10.5. The molecule has 1 heterocycles. The predicted molar refractivity (Wildman–Crippen MR) is 124 cm³/mol. The van der Waals surface area contributed by atoms with Crippen LogP contribution in [-0.2, 0) is 9.59 Å². The highest BCUT2D eigenvalue weighted by Gasteiger charge is 2.26. The number of benzene rings is 2. The summed E-state index contributed by atoms with van der Waals surface area (Å²) in [6.45, 7) is 3.52. The molecule has 1 fully saturated rings. The minimum atomic E-state index is -0.277. The lowest BCUT2D eigenvalue weighted by molar-refractivity contribution is -0.131. The van der Waals surface area contributed by atoms with Crippen LogP contribution >= 0.6 is 0 Å². The monoisotopic (exact) mass is 439 g/mol. The van der Waals surface area contributed by atoms with E-state index in [1.54, 1.807) is 26.0 Å². The summed E-state index contributed by atoms with van der Waals surface area (Å²) in [4.78, 5) is 28.5. The van der Waals surface area contributed by atoms with Crippen molar-refractivity contribution in [3.8, 4) is 11.5 Å². The Kier molecular flexibility index (Phi) is 8.11. The molecule has 0 radical (unpaired) electrons. The molecule has 1 aliphatic rings. The van der Waals surface area contributed by atoms with Crippen molar-refractivity contribution in [1.82, 2.24) is 15.1 Å². The maximum absolute atomic E-state index is 13.0. The molecule has 172 valence electrons. The summed E-state index contributed by atoms with van der Waals surface area (Å²) in [5.74, 6) is 1.60. The van der Waals surface area contributed by atoms with E-state index >= 15 is 0 Å². The van der Waals surface area contributed by atoms with Gasteiger partial charge in [-0.05, 0) is 48.2 Å². The van der Waals surface area contributed by atoms with Gasteiger partial charge in [0.15, 0.2) is 0 Å². The molecule has 1 aliphatic heterocycles. The van der Waals surface area contributed by atoms with Crippen LogP contribution in [0.15, 0.2) is 48.5 Å². The van der Waals surface area contributed by atoms with E-state index in [1.165, 1.54) is 0 Å². The Balaban J connectivity index is 1.67. The fourth-order valence-electron chi connectivity index (χ4n) is 4.08.